The number of aryl methyl sites for hydroxylation is 1. The van der Waals surface area contributed by atoms with Crippen molar-refractivity contribution in [2.45, 2.75) is 33.2 Å². The average Bonchev–Trinajstić information content (AvgIpc) is 2.31. The quantitative estimate of drug-likeness (QED) is 0.853. The SMILES string of the molecule is CCC(=O)C(C)NC(=O)c1cccc(C)c1I. The van der Waals surface area contributed by atoms with Crippen molar-refractivity contribution in [3.8, 4) is 0 Å². The smallest absolute Gasteiger partial charge is 0.252 e. The zero-order valence-electron chi connectivity index (χ0n) is 10.2. The Morgan fingerprint density at radius 3 is 2.65 bits per heavy atom. The molecule has 0 bridgehead atoms. The first-order valence-electron chi connectivity index (χ1n) is 5.56. The summed E-state index contributed by atoms with van der Waals surface area (Å²) < 4.78 is 0.929. The summed E-state index contributed by atoms with van der Waals surface area (Å²) in [6.45, 7) is 5.47. The van der Waals surface area contributed by atoms with Crippen LogP contribution < -0.4 is 5.32 Å². The molecule has 17 heavy (non-hydrogen) atoms. The summed E-state index contributed by atoms with van der Waals surface area (Å²) in [5.41, 5.74) is 1.69. The molecule has 1 atom stereocenters. The lowest BCUT2D eigenvalue weighted by Crippen LogP contribution is -2.38. The van der Waals surface area contributed by atoms with Crippen molar-refractivity contribution in [2.24, 2.45) is 0 Å². The van der Waals surface area contributed by atoms with Crippen LogP contribution in [0.25, 0.3) is 0 Å². The highest BCUT2D eigenvalue weighted by atomic mass is 127. The lowest BCUT2D eigenvalue weighted by atomic mass is 10.1. The van der Waals surface area contributed by atoms with Gasteiger partial charge >= 0.3 is 0 Å². The van der Waals surface area contributed by atoms with E-state index in [4.69, 9.17) is 0 Å². The zero-order chi connectivity index (χ0) is 13.0. The van der Waals surface area contributed by atoms with Crippen molar-refractivity contribution in [2.75, 3.05) is 0 Å². The van der Waals surface area contributed by atoms with E-state index in [1.54, 1.807) is 19.9 Å². The highest BCUT2D eigenvalue weighted by Crippen LogP contribution is 2.16. The van der Waals surface area contributed by atoms with E-state index in [-0.39, 0.29) is 11.7 Å². The van der Waals surface area contributed by atoms with Gasteiger partial charge in [-0.1, -0.05) is 19.1 Å². The Morgan fingerprint density at radius 2 is 2.06 bits per heavy atom. The van der Waals surface area contributed by atoms with Crippen LogP contribution in [0.4, 0.5) is 0 Å². The summed E-state index contributed by atoms with van der Waals surface area (Å²) in [5.74, 6) is -0.145. The van der Waals surface area contributed by atoms with Crippen LogP contribution in [-0.4, -0.2) is 17.7 Å². The fourth-order valence-corrected chi connectivity index (χ4v) is 2.09. The summed E-state index contributed by atoms with van der Waals surface area (Å²) >= 11 is 2.15. The van der Waals surface area contributed by atoms with Gasteiger partial charge in [-0.25, -0.2) is 0 Å². The zero-order valence-corrected chi connectivity index (χ0v) is 12.4. The molecule has 0 aliphatic rings. The topological polar surface area (TPSA) is 46.2 Å². The van der Waals surface area contributed by atoms with E-state index >= 15 is 0 Å². The first-order chi connectivity index (χ1) is 7.97. The van der Waals surface area contributed by atoms with Crippen molar-refractivity contribution >= 4 is 34.3 Å². The molecule has 0 radical (unpaired) electrons. The lowest BCUT2D eigenvalue weighted by Gasteiger charge is -2.13. The number of Topliss-reactive ketones (excluding diaryl/α,β-unsaturated/α-hetero) is 1. The summed E-state index contributed by atoms with van der Waals surface area (Å²) in [6, 6.07) is 5.15. The van der Waals surface area contributed by atoms with Gasteiger partial charge in [-0.3, -0.25) is 9.59 Å². The van der Waals surface area contributed by atoms with Crippen LogP contribution in [0.5, 0.6) is 0 Å². The van der Waals surface area contributed by atoms with Crippen LogP contribution in [0.1, 0.15) is 36.2 Å². The molecule has 3 nitrogen and oxygen atoms in total. The molecule has 1 aromatic rings. The molecule has 0 aliphatic carbocycles. The van der Waals surface area contributed by atoms with Crippen molar-refractivity contribution in [1.82, 2.24) is 5.32 Å². The van der Waals surface area contributed by atoms with E-state index in [2.05, 4.69) is 27.9 Å². The molecule has 0 aromatic heterocycles. The predicted molar refractivity (Wildman–Crippen MR) is 76.1 cm³/mol. The van der Waals surface area contributed by atoms with Crippen molar-refractivity contribution in [3.63, 3.8) is 0 Å². The van der Waals surface area contributed by atoms with E-state index in [9.17, 15) is 9.59 Å². The summed E-state index contributed by atoms with van der Waals surface area (Å²) in [4.78, 5) is 23.4. The molecule has 1 amide bonds. The minimum absolute atomic E-state index is 0.0426. The molecule has 0 spiro atoms. The standard InChI is InChI=1S/C13H16INO2/c1-4-11(16)9(3)15-13(17)10-7-5-6-8(2)12(10)14/h5-7,9H,4H2,1-3H3,(H,15,17). The maximum Gasteiger partial charge on any atom is 0.252 e. The molecule has 1 unspecified atom stereocenters. The molecule has 0 fully saturated rings. The summed E-state index contributed by atoms with van der Waals surface area (Å²) in [5, 5.41) is 2.72. The van der Waals surface area contributed by atoms with Crippen LogP contribution in [0.15, 0.2) is 18.2 Å². The number of halogens is 1. The molecule has 1 aromatic carbocycles. The number of carbonyl (C=O) groups is 2. The van der Waals surface area contributed by atoms with E-state index in [0.717, 1.165) is 9.13 Å². The molecule has 0 aliphatic heterocycles. The van der Waals surface area contributed by atoms with Crippen molar-refractivity contribution in [1.29, 1.82) is 0 Å². The first kappa shape index (κ1) is 14.2. The van der Waals surface area contributed by atoms with Gasteiger partial charge in [-0.2, -0.15) is 0 Å². The third-order valence-electron chi connectivity index (χ3n) is 2.62. The minimum atomic E-state index is -0.427. The van der Waals surface area contributed by atoms with E-state index in [0.29, 0.717) is 12.0 Å². The molecule has 1 N–H and O–H groups in total. The second-order valence-corrected chi connectivity index (χ2v) is 5.03. The predicted octanol–water partition coefficient (Wildman–Crippen LogP) is 2.70. The van der Waals surface area contributed by atoms with Gasteiger partial charge in [0, 0.05) is 9.99 Å². The van der Waals surface area contributed by atoms with Crippen LogP contribution in [0.2, 0.25) is 0 Å². The second kappa shape index (κ2) is 6.14. The Balaban J connectivity index is 2.84. The lowest BCUT2D eigenvalue weighted by molar-refractivity contribution is -0.120. The molecular formula is C13H16INO2. The van der Waals surface area contributed by atoms with Crippen LogP contribution in [0, 0.1) is 10.5 Å². The van der Waals surface area contributed by atoms with Crippen LogP contribution in [0.3, 0.4) is 0 Å². The van der Waals surface area contributed by atoms with E-state index in [1.807, 2.05) is 19.1 Å². The van der Waals surface area contributed by atoms with Gasteiger partial charge in [0.15, 0.2) is 5.78 Å². The number of ketones is 1. The number of rotatable bonds is 4. The normalized spacial score (nSPS) is 12.0. The Bertz CT molecular complexity index is 443. The minimum Gasteiger partial charge on any atom is -0.342 e. The van der Waals surface area contributed by atoms with Gasteiger partial charge in [-0.15, -0.1) is 0 Å². The number of hydrogen-bond acceptors (Lipinski definition) is 2. The summed E-state index contributed by atoms with van der Waals surface area (Å²) in [6.07, 6.45) is 0.437. The highest BCUT2D eigenvalue weighted by Gasteiger charge is 2.17. The van der Waals surface area contributed by atoms with Crippen molar-refractivity contribution < 1.29 is 9.59 Å². The average molecular weight is 345 g/mol. The Labute approximate surface area is 115 Å². The third-order valence-corrected chi connectivity index (χ3v) is 4.05. The fraction of sp³-hybridized carbons (Fsp3) is 0.385. The number of benzene rings is 1. The van der Waals surface area contributed by atoms with Crippen molar-refractivity contribution in [3.05, 3.63) is 32.9 Å². The third kappa shape index (κ3) is 3.52. The van der Waals surface area contributed by atoms with E-state index in [1.165, 1.54) is 0 Å². The number of nitrogens with one attached hydrogen (secondary N) is 1. The summed E-state index contributed by atoms with van der Waals surface area (Å²) in [7, 11) is 0. The number of carbonyl (C=O) groups excluding carboxylic acids is 2. The molecule has 0 saturated carbocycles. The Morgan fingerprint density at radius 1 is 1.41 bits per heavy atom. The molecule has 0 heterocycles. The maximum absolute atomic E-state index is 12.0. The maximum atomic E-state index is 12.0. The van der Waals surface area contributed by atoms with Gasteiger partial charge in [-0.05, 0) is 48.1 Å². The molecule has 1 rings (SSSR count). The van der Waals surface area contributed by atoms with E-state index < -0.39 is 6.04 Å². The molecule has 0 saturated heterocycles. The molecular weight excluding hydrogens is 329 g/mol. The van der Waals surface area contributed by atoms with Gasteiger partial charge in [0.2, 0.25) is 0 Å². The van der Waals surface area contributed by atoms with Crippen LogP contribution >= 0.6 is 22.6 Å². The number of amides is 1. The first-order valence-corrected chi connectivity index (χ1v) is 6.64. The van der Waals surface area contributed by atoms with Gasteiger partial charge < -0.3 is 5.32 Å². The number of hydrogen-bond donors (Lipinski definition) is 1. The monoisotopic (exact) mass is 345 g/mol. The van der Waals surface area contributed by atoms with Gasteiger partial charge in [0.05, 0.1) is 11.6 Å². The van der Waals surface area contributed by atoms with Gasteiger partial charge in [0.25, 0.3) is 5.91 Å². The fourth-order valence-electron chi connectivity index (χ4n) is 1.48. The largest absolute Gasteiger partial charge is 0.342 e. The van der Waals surface area contributed by atoms with Crippen LogP contribution in [-0.2, 0) is 4.79 Å². The molecule has 4 heteroatoms. The highest BCUT2D eigenvalue weighted by molar-refractivity contribution is 14.1. The van der Waals surface area contributed by atoms with Gasteiger partial charge in [0.1, 0.15) is 0 Å². The molecule has 92 valence electrons. The second-order valence-electron chi connectivity index (χ2n) is 3.95. The Hall–Kier alpha value is -0.910. The Kier molecular flexibility index (Phi) is 5.11.